The summed E-state index contributed by atoms with van der Waals surface area (Å²) in [7, 11) is 0. The Morgan fingerprint density at radius 1 is 0.463 bits per heavy atom. The summed E-state index contributed by atoms with van der Waals surface area (Å²) in [6.45, 7) is 0. The first-order valence-corrected chi connectivity index (χ1v) is 14.7. The lowest BCUT2D eigenvalue weighted by molar-refractivity contribution is 1.21. The van der Waals surface area contributed by atoms with Crippen LogP contribution in [0.4, 0.5) is 0 Å². The molecule has 0 amide bonds. The Morgan fingerprint density at radius 2 is 1.12 bits per heavy atom. The molecule has 0 saturated carbocycles. The lowest BCUT2D eigenvalue weighted by atomic mass is 10.1. The van der Waals surface area contributed by atoms with Crippen LogP contribution in [0.25, 0.3) is 86.0 Å². The molecular formula is C37H21N3S. The van der Waals surface area contributed by atoms with Crippen molar-refractivity contribution in [2.45, 2.75) is 0 Å². The van der Waals surface area contributed by atoms with Gasteiger partial charge in [0.15, 0.2) is 0 Å². The van der Waals surface area contributed by atoms with Crippen molar-refractivity contribution in [3.8, 4) is 5.69 Å². The maximum atomic E-state index is 5.47. The molecule has 190 valence electrons. The van der Waals surface area contributed by atoms with Crippen LogP contribution >= 0.6 is 11.3 Å². The third-order valence-electron chi connectivity index (χ3n) is 8.69. The first-order chi connectivity index (χ1) is 20.4. The highest BCUT2D eigenvalue weighted by molar-refractivity contribution is 7.26. The van der Waals surface area contributed by atoms with Crippen molar-refractivity contribution in [2.24, 2.45) is 0 Å². The number of pyridine rings is 1. The Labute approximate surface area is 238 Å². The maximum Gasteiger partial charge on any atom is 0.146 e. The highest BCUT2D eigenvalue weighted by atomic mass is 32.1. The van der Waals surface area contributed by atoms with Crippen molar-refractivity contribution in [1.82, 2.24) is 14.0 Å². The monoisotopic (exact) mass is 539 g/mol. The van der Waals surface area contributed by atoms with Crippen molar-refractivity contribution in [2.75, 3.05) is 0 Å². The minimum absolute atomic E-state index is 0.999. The van der Waals surface area contributed by atoms with Gasteiger partial charge in [-0.2, -0.15) is 0 Å². The molecule has 0 saturated heterocycles. The molecule has 0 unspecified atom stereocenters. The predicted molar refractivity (Wildman–Crippen MR) is 175 cm³/mol. The van der Waals surface area contributed by atoms with E-state index in [1.165, 1.54) is 63.8 Å². The van der Waals surface area contributed by atoms with Gasteiger partial charge in [0, 0.05) is 37.0 Å². The summed E-state index contributed by atoms with van der Waals surface area (Å²) in [4.78, 5) is 5.47. The zero-order valence-electron chi connectivity index (χ0n) is 21.9. The average molecular weight is 540 g/mol. The summed E-state index contributed by atoms with van der Waals surface area (Å²) in [5.74, 6) is 0. The fourth-order valence-electron chi connectivity index (χ4n) is 6.98. The SMILES string of the molecule is c1ccc2c(c1)sc1c(-n3c4ccccc4c4ccc5c(nc6c7ccccc7c7ccccc7n56)c43)cccc12. The van der Waals surface area contributed by atoms with E-state index in [1.807, 2.05) is 11.3 Å². The standard InChI is InChI=1S/C37H21N3S/c1-2-14-28-22(10-1)23-11-3-7-17-30(23)40-31-21-20-26-24-12-4-6-16-29(24)39(35(26)34(31)38-37(28)40)32-18-9-15-27-25-13-5-8-19-33(25)41-36(27)32/h1-21H. The summed E-state index contributed by atoms with van der Waals surface area (Å²) in [6.07, 6.45) is 0. The number of thiophene rings is 1. The van der Waals surface area contributed by atoms with Crippen molar-refractivity contribution < 1.29 is 0 Å². The molecule has 10 aromatic rings. The Balaban J connectivity index is 1.46. The molecule has 41 heavy (non-hydrogen) atoms. The number of rotatable bonds is 1. The second kappa shape index (κ2) is 7.72. The Morgan fingerprint density at radius 3 is 1.98 bits per heavy atom. The molecule has 0 N–H and O–H groups in total. The van der Waals surface area contributed by atoms with Crippen LogP contribution in [0.2, 0.25) is 0 Å². The van der Waals surface area contributed by atoms with Crippen molar-refractivity contribution in [3.05, 3.63) is 127 Å². The lowest BCUT2D eigenvalue weighted by Gasteiger charge is -2.10. The summed E-state index contributed by atoms with van der Waals surface area (Å²) in [5.41, 5.74) is 7.89. The van der Waals surface area contributed by atoms with Gasteiger partial charge in [-0.25, -0.2) is 4.98 Å². The van der Waals surface area contributed by atoms with E-state index < -0.39 is 0 Å². The highest BCUT2D eigenvalue weighted by Crippen LogP contribution is 2.43. The molecule has 3 nitrogen and oxygen atoms in total. The van der Waals surface area contributed by atoms with Gasteiger partial charge < -0.3 is 4.57 Å². The molecular weight excluding hydrogens is 518 g/mol. The smallest absolute Gasteiger partial charge is 0.146 e. The lowest BCUT2D eigenvalue weighted by Crippen LogP contribution is -1.94. The first-order valence-electron chi connectivity index (χ1n) is 13.9. The van der Waals surface area contributed by atoms with E-state index in [0.717, 1.165) is 22.2 Å². The van der Waals surface area contributed by atoms with Gasteiger partial charge in [0.2, 0.25) is 0 Å². The van der Waals surface area contributed by atoms with Crippen LogP contribution in [0.1, 0.15) is 0 Å². The van der Waals surface area contributed by atoms with Crippen LogP contribution < -0.4 is 0 Å². The van der Waals surface area contributed by atoms with Gasteiger partial charge in [0.1, 0.15) is 11.2 Å². The number of benzene rings is 6. The Hall–Kier alpha value is -5.19. The van der Waals surface area contributed by atoms with E-state index in [9.17, 15) is 0 Å². The van der Waals surface area contributed by atoms with Crippen LogP contribution in [-0.2, 0) is 0 Å². The highest BCUT2D eigenvalue weighted by Gasteiger charge is 2.21. The van der Waals surface area contributed by atoms with Gasteiger partial charge in [-0.3, -0.25) is 4.40 Å². The van der Waals surface area contributed by atoms with Crippen LogP contribution in [0.3, 0.4) is 0 Å². The van der Waals surface area contributed by atoms with Crippen LogP contribution in [0, 0.1) is 0 Å². The average Bonchev–Trinajstić information content (AvgIpc) is 3.71. The third-order valence-corrected chi connectivity index (χ3v) is 9.90. The molecule has 0 aliphatic heterocycles. The number of imidazole rings is 1. The number of fused-ring (bicyclic) bond motifs is 15. The number of para-hydroxylation sites is 2. The van der Waals surface area contributed by atoms with Gasteiger partial charge in [0.05, 0.1) is 32.5 Å². The van der Waals surface area contributed by atoms with Crippen LogP contribution in [-0.4, -0.2) is 14.0 Å². The van der Waals surface area contributed by atoms with Gasteiger partial charge >= 0.3 is 0 Å². The topological polar surface area (TPSA) is 22.2 Å². The van der Waals surface area contributed by atoms with Crippen molar-refractivity contribution >= 4 is 91.7 Å². The largest absolute Gasteiger partial charge is 0.306 e. The minimum atomic E-state index is 0.999. The molecule has 4 aromatic heterocycles. The van der Waals surface area contributed by atoms with Crippen molar-refractivity contribution in [3.63, 3.8) is 0 Å². The second-order valence-corrected chi connectivity index (χ2v) is 11.8. The Bertz CT molecular complexity index is 2700. The molecule has 0 aliphatic carbocycles. The van der Waals surface area contributed by atoms with Crippen molar-refractivity contribution in [1.29, 1.82) is 0 Å². The minimum Gasteiger partial charge on any atom is -0.306 e. The van der Waals surface area contributed by atoms with E-state index in [0.29, 0.717) is 0 Å². The van der Waals surface area contributed by atoms with Gasteiger partial charge in [-0.15, -0.1) is 11.3 Å². The molecule has 0 fully saturated rings. The van der Waals surface area contributed by atoms with E-state index >= 15 is 0 Å². The van der Waals surface area contributed by atoms with E-state index in [4.69, 9.17) is 4.98 Å². The number of aromatic nitrogens is 3. The normalized spacial score (nSPS) is 12.4. The number of hydrogen-bond donors (Lipinski definition) is 0. The molecule has 0 atom stereocenters. The first kappa shape index (κ1) is 21.6. The quantitative estimate of drug-likeness (QED) is 0.190. The zero-order chi connectivity index (χ0) is 26.7. The molecule has 0 radical (unpaired) electrons. The molecule has 0 aliphatic rings. The summed E-state index contributed by atoms with van der Waals surface area (Å²) < 4.78 is 7.43. The second-order valence-electron chi connectivity index (χ2n) is 10.8. The number of hydrogen-bond acceptors (Lipinski definition) is 2. The number of nitrogens with zero attached hydrogens (tertiary/aromatic N) is 3. The van der Waals surface area contributed by atoms with Gasteiger partial charge in [-0.05, 0) is 41.8 Å². The fourth-order valence-corrected chi connectivity index (χ4v) is 8.19. The molecule has 10 rings (SSSR count). The summed E-state index contributed by atoms with van der Waals surface area (Å²) >= 11 is 1.87. The molecule has 4 heterocycles. The van der Waals surface area contributed by atoms with Crippen LogP contribution in [0.5, 0.6) is 0 Å². The van der Waals surface area contributed by atoms with Gasteiger partial charge in [0.25, 0.3) is 0 Å². The summed E-state index contributed by atoms with van der Waals surface area (Å²) in [6, 6.07) is 46.1. The van der Waals surface area contributed by atoms with Gasteiger partial charge in [-0.1, -0.05) is 91.0 Å². The van der Waals surface area contributed by atoms with E-state index in [-0.39, 0.29) is 0 Å². The Kier molecular flexibility index (Phi) is 4.07. The third kappa shape index (κ3) is 2.70. The van der Waals surface area contributed by atoms with E-state index in [2.05, 4.69) is 136 Å². The fraction of sp³-hybridized carbons (Fsp3) is 0. The molecule has 0 bridgehead atoms. The van der Waals surface area contributed by atoms with E-state index in [1.54, 1.807) is 0 Å². The summed E-state index contributed by atoms with van der Waals surface area (Å²) in [5, 5.41) is 8.73. The molecule has 4 heteroatoms. The maximum absolute atomic E-state index is 5.47. The predicted octanol–water partition coefficient (Wildman–Crippen LogP) is 10.3. The van der Waals surface area contributed by atoms with Crippen LogP contribution in [0.15, 0.2) is 127 Å². The molecule has 0 spiro atoms. The molecule has 6 aromatic carbocycles. The zero-order valence-corrected chi connectivity index (χ0v) is 22.7.